The number of nitrogens with zero attached hydrogens (tertiary/aromatic N) is 1. The topological polar surface area (TPSA) is 55.2 Å². The van der Waals surface area contributed by atoms with Crippen molar-refractivity contribution >= 4 is 23.0 Å². The summed E-state index contributed by atoms with van der Waals surface area (Å²) in [5.74, 6) is 0. The minimum absolute atomic E-state index is 0.00963. The number of aryl methyl sites for hydroxylation is 2. The van der Waals surface area contributed by atoms with Crippen molar-refractivity contribution < 1.29 is 4.92 Å². The van der Waals surface area contributed by atoms with Gasteiger partial charge < -0.3 is 5.32 Å². The third kappa shape index (κ3) is 3.73. The van der Waals surface area contributed by atoms with Crippen LogP contribution in [0.2, 0.25) is 5.02 Å². The Labute approximate surface area is 128 Å². The SMILES string of the molecule is Cc1cc(C)cc(C(C)Nc2ccc([N+](=O)[O-])cc2Cl)c1. The van der Waals surface area contributed by atoms with E-state index in [0.29, 0.717) is 10.7 Å². The molecule has 4 nitrogen and oxygen atoms in total. The number of hydrogen-bond acceptors (Lipinski definition) is 3. The fourth-order valence-electron chi connectivity index (χ4n) is 2.31. The first-order valence-corrected chi connectivity index (χ1v) is 7.03. The lowest BCUT2D eigenvalue weighted by molar-refractivity contribution is -0.384. The van der Waals surface area contributed by atoms with Gasteiger partial charge in [0.25, 0.3) is 5.69 Å². The van der Waals surface area contributed by atoms with Crippen molar-refractivity contribution in [1.82, 2.24) is 0 Å². The van der Waals surface area contributed by atoms with E-state index in [-0.39, 0.29) is 11.7 Å². The van der Waals surface area contributed by atoms with Gasteiger partial charge in [0.1, 0.15) is 0 Å². The normalized spacial score (nSPS) is 12.0. The number of nitro benzene ring substituents is 1. The maximum absolute atomic E-state index is 10.7. The monoisotopic (exact) mass is 304 g/mol. The summed E-state index contributed by atoms with van der Waals surface area (Å²) in [4.78, 5) is 10.3. The molecule has 1 N–H and O–H groups in total. The number of nitrogens with one attached hydrogen (secondary N) is 1. The molecule has 2 aromatic rings. The standard InChI is InChI=1S/C16H17ClN2O2/c1-10-6-11(2)8-13(7-10)12(3)18-16-5-4-14(19(20)21)9-15(16)17/h4-9,12,18H,1-3H3. The maximum Gasteiger partial charge on any atom is 0.271 e. The minimum Gasteiger partial charge on any atom is -0.377 e. The summed E-state index contributed by atoms with van der Waals surface area (Å²) in [6, 6.07) is 10.9. The van der Waals surface area contributed by atoms with Gasteiger partial charge in [-0.15, -0.1) is 0 Å². The van der Waals surface area contributed by atoms with E-state index < -0.39 is 4.92 Å². The quantitative estimate of drug-likeness (QED) is 0.636. The first kappa shape index (κ1) is 15.3. The van der Waals surface area contributed by atoms with E-state index >= 15 is 0 Å². The van der Waals surface area contributed by atoms with Crippen molar-refractivity contribution in [1.29, 1.82) is 0 Å². The summed E-state index contributed by atoms with van der Waals surface area (Å²) in [7, 11) is 0. The Morgan fingerprint density at radius 1 is 1.14 bits per heavy atom. The molecule has 5 heteroatoms. The first-order valence-electron chi connectivity index (χ1n) is 6.65. The van der Waals surface area contributed by atoms with Gasteiger partial charge in [-0.2, -0.15) is 0 Å². The van der Waals surface area contributed by atoms with Crippen LogP contribution >= 0.6 is 11.6 Å². The average molecular weight is 305 g/mol. The van der Waals surface area contributed by atoms with E-state index in [1.165, 1.54) is 23.3 Å². The Morgan fingerprint density at radius 3 is 2.29 bits per heavy atom. The molecule has 2 aromatic carbocycles. The average Bonchev–Trinajstić information content (AvgIpc) is 2.39. The number of hydrogen-bond donors (Lipinski definition) is 1. The molecule has 0 saturated heterocycles. The summed E-state index contributed by atoms with van der Waals surface area (Å²) < 4.78 is 0. The zero-order valence-corrected chi connectivity index (χ0v) is 12.9. The van der Waals surface area contributed by atoms with Crippen LogP contribution in [0.1, 0.15) is 29.7 Å². The molecule has 0 saturated carbocycles. The predicted octanol–water partition coefficient (Wildman–Crippen LogP) is 5.04. The highest BCUT2D eigenvalue weighted by atomic mass is 35.5. The lowest BCUT2D eigenvalue weighted by Crippen LogP contribution is -2.07. The Balaban J connectivity index is 2.23. The number of benzene rings is 2. The smallest absolute Gasteiger partial charge is 0.271 e. The van der Waals surface area contributed by atoms with Crippen LogP contribution < -0.4 is 5.32 Å². The molecule has 0 aromatic heterocycles. The molecule has 0 bridgehead atoms. The maximum atomic E-state index is 10.7. The van der Waals surface area contributed by atoms with Gasteiger partial charge >= 0.3 is 0 Å². The molecular weight excluding hydrogens is 288 g/mol. The highest BCUT2D eigenvalue weighted by Gasteiger charge is 2.12. The second kappa shape index (κ2) is 6.14. The third-order valence-electron chi connectivity index (χ3n) is 3.28. The van der Waals surface area contributed by atoms with Crippen LogP contribution in [0.5, 0.6) is 0 Å². The molecule has 1 unspecified atom stereocenters. The lowest BCUT2D eigenvalue weighted by Gasteiger charge is -2.18. The summed E-state index contributed by atoms with van der Waals surface area (Å²) >= 11 is 6.10. The summed E-state index contributed by atoms with van der Waals surface area (Å²) in [6.07, 6.45) is 0. The van der Waals surface area contributed by atoms with Gasteiger partial charge in [-0.25, -0.2) is 0 Å². The van der Waals surface area contributed by atoms with Crippen molar-refractivity contribution in [3.05, 3.63) is 68.2 Å². The second-order valence-electron chi connectivity index (χ2n) is 5.21. The Bertz CT molecular complexity index is 666. The molecular formula is C16H17ClN2O2. The van der Waals surface area contributed by atoms with Gasteiger partial charge in [-0.05, 0) is 32.4 Å². The molecule has 0 aliphatic rings. The number of anilines is 1. The minimum atomic E-state index is -0.455. The Hall–Kier alpha value is -2.07. The second-order valence-corrected chi connectivity index (χ2v) is 5.62. The summed E-state index contributed by atoms with van der Waals surface area (Å²) in [5, 5.41) is 14.3. The Morgan fingerprint density at radius 2 is 1.76 bits per heavy atom. The summed E-state index contributed by atoms with van der Waals surface area (Å²) in [5.41, 5.74) is 4.24. The molecule has 1 atom stereocenters. The molecule has 0 spiro atoms. The largest absolute Gasteiger partial charge is 0.377 e. The molecule has 0 radical (unpaired) electrons. The van der Waals surface area contributed by atoms with E-state index in [1.807, 2.05) is 6.92 Å². The van der Waals surface area contributed by atoms with Gasteiger partial charge in [-0.1, -0.05) is 40.9 Å². The molecule has 0 aliphatic heterocycles. The summed E-state index contributed by atoms with van der Waals surface area (Å²) in [6.45, 7) is 6.15. The Kier molecular flexibility index (Phi) is 4.48. The van der Waals surface area contributed by atoms with Crippen LogP contribution in [0.3, 0.4) is 0 Å². The number of halogens is 1. The molecule has 0 fully saturated rings. The van der Waals surface area contributed by atoms with Gasteiger partial charge in [-0.3, -0.25) is 10.1 Å². The van der Waals surface area contributed by atoms with E-state index in [1.54, 1.807) is 6.07 Å². The van der Waals surface area contributed by atoms with Crippen molar-refractivity contribution in [3.8, 4) is 0 Å². The number of nitro groups is 1. The van der Waals surface area contributed by atoms with Crippen molar-refractivity contribution in [2.75, 3.05) is 5.32 Å². The fraction of sp³-hybridized carbons (Fsp3) is 0.250. The molecule has 0 aliphatic carbocycles. The van der Waals surface area contributed by atoms with E-state index in [0.717, 1.165) is 5.56 Å². The molecule has 0 amide bonds. The molecule has 110 valence electrons. The van der Waals surface area contributed by atoms with E-state index in [9.17, 15) is 10.1 Å². The molecule has 21 heavy (non-hydrogen) atoms. The lowest BCUT2D eigenvalue weighted by atomic mass is 10.0. The zero-order valence-electron chi connectivity index (χ0n) is 12.2. The number of non-ortho nitro benzene ring substituents is 1. The van der Waals surface area contributed by atoms with Crippen molar-refractivity contribution in [2.24, 2.45) is 0 Å². The van der Waals surface area contributed by atoms with Crippen LogP contribution in [0.25, 0.3) is 0 Å². The van der Waals surface area contributed by atoms with Gasteiger partial charge in [0.15, 0.2) is 0 Å². The van der Waals surface area contributed by atoms with Crippen molar-refractivity contribution in [2.45, 2.75) is 26.8 Å². The zero-order chi connectivity index (χ0) is 15.6. The third-order valence-corrected chi connectivity index (χ3v) is 3.59. The fourth-order valence-corrected chi connectivity index (χ4v) is 2.54. The van der Waals surface area contributed by atoms with Crippen LogP contribution in [-0.4, -0.2) is 4.92 Å². The van der Waals surface area contributed by atoms with Crippen LogP contribution in [0.4, 0.5) is 11.4 Å². The number of rotatable bonds is 4. The van der Waals surface area contributed by atoms with Gasteiger partial charge in [0.05, 0.1) is 15.6 Å². The predicted molar refractivity (Wildman–Crippen MR) is 86.1 cm³/mol. The highest BCUT2D eigenvalue weighted by Crippen LogP contribution is 2.30. The molecule has 0 heterocycles. The molecule has 2 rings (SSSR count). The first-order chi connectivity index (χ1) is 9.86. The van der Waals surface area contributed by atoms with Crippen LogP contribution in [0.15, 0.2) is 36.4 Å². The van der Waals surface area contributed by atoms with E-state index in [2.05, 4.69) is 37.4 Å². The van der Waals surface area contributed by atoms with Gasteiger partial charge in [0.2, 0.25) is 0 Å². The van der Waals surface area contributed by atoms with Gasteiger partial charge in [0, 0.05) is 18.2 Å². The van der Waals surface area contributed by atoms with E-state index in [4.69, 9.17) is 11.6 Å². The van der Waals surface area contributed by atoms with Crippen LogP contribution in [-0.2, 0) is 0 Å². The van der Waals surface area contributed by atoms with Crippen LogP contribution in [0, 0.1) is 24.0 Å². The highest BCUT2D eigenvalue weighted by molar-refractivity contribution is 6.33. The van der Waals surface area contributed by atoms with Crippen molar-refractivity contribution in [3.63, 3.8) is 0 Å².